The first-order valence-corrected chi connectivity index (χ1v) is 3.92. The number of nitrogens with two attached hydrogens (primary N) is 1. The predicted molar refractivity (Wildman–Crippen MR) is 45.2 cm³/mol. The lowest BCUT2D eigenvalue weighted by atomic mass is 10.3. The highest BCUT2D eigenvalue weighted by Crippen LogP contribution is 2.08. The standard InChI is InChI=1S/C8H15N3/c1-6(2)11-5-4-8(10-11)7(3)9/h4-7H,9H2,1-3H3. The quantitative estimate of drug-likeness (QED) is 0.699. The second-order valence-electron chi connectivity index (χ2n) is 3.10. The van der Waals surface area contributed by atoms with E-state index < -0.39 is 0 Å². The van der Waals surface area contributed by atoms with Gasteiger partial charge in [-0.25, -0.2) is 0 Å². The smallest absolute Gasteiger partial charge is 0.0789 e. The van der Waals surface area contributed by atoms with Crippen LogP contribution in [0.2, 0.25) is 0 Å². The van der Waals surface area contributed by atoms with Crippen LogP contribution in [-0.4, -0.2) is 9.78 Å². The first-order chi connectivity index (χ1) is 5.11. The highest BCUT2D eigenvalue weighted by Gasteiger charge is 2.04. The van der Waals surface area contributed by atoms with Crippen LogP contribution in [0.1, 0.15) is 38.5 Å². The third kappa shape index (κ3) is 1.80. The molecular weight excluding hydrogens is 138 g/mol. The van der Waals surface area contributed by atoms with Gasteiger partial charge in [0.1, 0.15) is 0 Å². The summed E-state index contributed by atoms with van der Waals surface area (Å²) in [5, 5.41) is 4.30. The summed E-state index contributed by atoms with van der Waals surface area (Å²) in [5.74, 6) is 0. The average molecular weight is 153 g/mol. The molecule has 1 atom stereocenters. The fraction of sp³-hybridized carbons (Fsp3) is 0.625. The normalized spacial score (nSPS) is 13.9. The maximum absolute atomic E-state index is 5.65. The molecule has 1 rings (SSSR count). The van der Waals surface area contributed by atoms with Gasteiger partial charge in [0.25, 0.3) is 0 Å². The van der Waals surface area contributed by atoms with Gasteiger partial charge in [-0.3, -0.25) is 4.68 Å². The summed E-state index contributed by atoms with van der Waals surface area (Å²) in [7, 11) is 0. The number of rotatable bonds is 2. The summed E-state index contributed by atoms with van der Waals surface area (Å²) in [4.78, 5) is 0. The largest absolute Gasteiger partial charge is 0.323 e. The minimum Gasteiger partial charge on any atom is -0.323 e. The first-order valence-electron chi connectivity index (χ1n) is 3.92. The van der Waals surface area contributed by atoms with Crippen molar-refractivity contribution in [2.24, 2.45) is 5.73 Å². The maximum atomic E-state index is 5.65. The predicted octanol–water partition coefficient (Wildman–Crippen LogP) is 1.48. The lowest BCUT2D eigenvalue weighted by Gasteiger charge is -2.04. The van der Waals surface area contributed by atoms with Crippen LogP contribution >= 0.6 is 0 Å². The van der Waals surface area contributed by atoms with E-state index in [1.165, 1.54) is 0 Å². The molecule has 0 aliphatic rings. The summed E-state index contributed by atoms with van der Waals surface area (Å²) < 4.78 is 1.92. The topological polar surface area (TPSA) is 43.8 Å². The molecular formula is C8H15N3. The molecule has 1 heterocycles. The Hall–Kier alpha value is -0.830. The Morgan fingerprint density at radius 1 is 1.45 bits per heavy atom. The monoisotopic (exact) mass is 153 g/mol. The molecule has 1 unspecified atom stereocenters. The van der Waals surface area contributed by atoms with Gasteiger partial charge in [-0.05, 0) is 26.8 Å². The number of aromatic nitrogens is 2. The van der Waals surface area contributed by atoms with Crippen LogP contribution in [0.15, 0.2) is 12.3 Å². The molecule has 0 spiro atoms. The second-order valence-corrected chi connectivity index (χ2v) is 3.10. The van der Waals surface area contributed by atoms with Crippen molar-refractivity contribution < 1.29 is 0 Å². The van der Waals surface area contributed by atoms with Crippen molar-refractivity contribution in [1.82, 2.24) is 9.78 Å². The van der Waals surface area contributed by atoms with Crippen molar-refractivity contribution in [3.63, 3.8) is 0 Å². The maximum Gasteiger partial charge on any atom is 0.0789 e. The number of hydrogen-bond acceptors (Lipinski definition) is 2. The Balaban J connectivity index is 2.82. The van der Waals surface area contributed by atoms with E-state index in [4.69, 9.17) is 5.73 Å². The second kappa shape index (κ2) is 3.05. The van der Waals surface area contributed by atoms with Gasteiger partial charge in [0.2, 0.25) is 0 Å². The molecule has 0 amide bonds. The third-order valence-corrected chi connectivity index (χ3v) is 1.62. The summed E-state index contributed by atoms with van der Waals surface area (Å²) in [6, 6.07) is 2.42. The van der Waals surface area contributed by atoms with Gasteiger partial charge < -0.3 is 5.73 Å². The highest BCUT2D eigenvalue weighted by atomic mass is 15.3. The van der Waals surface area contributed by atoms with Gasteiger partial charge >= 0.3 is 0 Å². The Morgan fingerprint density at radius 3 is 2.36 bits per heavy atom. The molecule has 0 aliphatic carbocycles. The Morgan fingerprint density at radius 2 is 2.09 bits per heavy atom. The summed E-state index contributed by atoms with van der Waals surface area (Å²) in [6.45, 7) is 6.13. The first kappa shape index (κ1) is 8.27. The van der Waals surface area contributed by atoms with Crippen LogP contribution < -0.4 is 5.73 Å². The lowest BCUT2D eigenvalue weighted by Crippen LogP contribution is -2.08. The molecule has 2 N–H and O–H groups in total. The molecule has 0 bridgehead atoms. The Bertz CT molecular complexity index is 202. The molecule has 3 heteroatoms. The van der Waals surface area contributed by atoms with Gasteiger partial charge in [-0.1, -0.05) is 0 Å². The Labute approximate surface area is 67.2 Å². The van der Waals surface area contributed by atoms with Gasteiger partial charge in [-0.15, -0.1) is 0 Å². The summed E-state index contributed by atoms with van der Waals surface area (Å²) in [6.07, 6.45) is 1.96. The SMILES string of the molecule is CC(N)c1ccn(C(C)C)n1. The molecule has 0 fully saturated rings. The fourth-order valence-electron chi connectivity index (χ4n) is 0.883. The van der Waals surface area contributed by atoms with E-state index >= 15 is 0 Å². The van der Waals surface area contributed by atoms with Crippen LogP contribution in [0.4, 0.5) is 0 Å². The molecule has 1 aromatic heterocycles. The molecule has 1 aromatic rings. The van der Waals surface area contributed by atoms with E-state index in [0.29, 0.717) is 6.04 Å². The molecule has 0 saturated carbocycles. The summed E-state index contributed by atoms with van der Waals surface area (Å²) >= 11 is 0. The van der Waals surface area contributed by atoms with Crippen molar-refractivity contribution in [3.8, 4) is 0 Å². The van der Waals surface area contributed by atoms with Gasteiger partial charge in [-0.2, -0.15) is 5.10 Å². The minimum absolute atomic E-state index is 0.0370. The van der Waals surface area contributed by atoms with Crippen molar-refractivity contribution in [3.05, 3.63) is 18.0 Å². The van der Waals surface area contributed by atoms with E-state index in [1.807, 2.05) is 23.9 Å². The zero-order chi connectivity index (χ0) is 8.43. The fourth-order valence-corrected chi connectivity index (χ4v) is 0.883. The van der Waals surface area contributed by atoms with Crippen LogP contribution in [0.25, 0.3) is 0 Å². The van der Waals surface area contributed by atoms with E-state index in [9.17, 15) is 0 Å². The van der Waals surface area contributed by atoms with E-state index in [0.717, 1.165) is 5.69 Å². The van der Waals surface area contributed by atoms with E-state index in [1.54, 1.807) is 0 Å². The third-order valence-electron chi connectivity index (χ3n) is 1.62. The molecule has 0 radical (unpaired) electrons. The molecule has 0 saturated heterocycles. The zero-order valence-electron chi connectivity index (χ0n) is 7.28. The van der Waals surface area contributed by atoms with E-state index in [2.05, 4.69) is 18.9 Å². The molecule has 62 valence electrons. The van der Waals surface area contributed by atoms with Gasteiger partial charge in [0.15, 0.2) is 0 Å². The van der Waals surface area contributed by atoms with Crippen molar-refractivity contribution in [1.29, 1.82) is 0 Å². The van der Waals surface area contributed by atoms with Crippen LogP contribution in [0.3, 0.4) is 0 Å². The number of nitrogens with zero attached hydrogens (tertiary/aromatic N) is 2. The van der Waals surface area contributed by atoms with Crippen molar-refractivity contribution in [2.75, 3.05) is 0 Å². The van der Waals surface area contributed by atoms with Crippen LogP contribution in [0.5, 0.6) is 0 Å². The van der Waals surface area contributed by atoms with E-state index in [-0.39, 0.29) is 6.04 Å². The van der Waals surface area contributed by atoms with Gasteiger partial charge in [0, 0.05) is 18.3 Å². The van der Waals surface area contributed by atoms with Crippen LogP contribution in [-0.2, 0) is 0 Å². The van der Waals surface area contributed by atoms with Gasteiger partial charge in [0.05, 0.1) is 5.69 Å². The molecule has 0 aromatic carbocycles. The molecule has 3 nitrogen and oxygen atoms in total. The Kier molecular flexibility index (Phi) is 2.29. The van der Waals surface area contributed by atoms with Crippen molar-refractivity contribution in [2.45, 2.75) is 32.9 Å². The van der Waals surface area contributed by atoms with Crippen molar-refractivity contribution >= 4 is 0 Å². The van der Waals surface area contributed by atoms with Crippen LogP contribution in [0, 0.1) is 0 Å². The zero-order valence-corrected chi connectivity index (χ0v) is 7.28. The minimum atomic E-state index is 0.0370. The summed E-state index contributed by atoms with van der Waals surface area (Å²) in [5.41, 5.74) is 6.61. The average Bonchev–Trinajstić information content (AvgIpc) is 2.33. The number of hydrogen-bond donors (Lipinski definition) is 1. The molecule has 0 aliphatic heterocycles. The highest BCUT2D eigenvalue weighted by molar-refractivity contribution is 5.03. The molecule has 11 heavy (non-hydrogen) atoms. The lowest BCUT2D eigenvalue weighted by molar-refractivity contribution is 0.521.